The normalized spacial score (nSPS) is 31.0. The number of ether oxygens (including phenoxy) is 1. The number of rotatable bonds is 0. The number of hydrogen-bond acceptors (Lipinski definition) is 3. The van der Waals surface area contributed by atoms with Crippen LogP contribution >= 0.6 is 0 Å². The van der Waals surface area contributed by atoms with Gasteiger partial charge in [0.2, 0.25) is 0 Å². The third-order valence-electron chi connectivity index (χ3n) is 3.55. The van der Waals surface area contributed by atoms with E-state index in [2.05, 4.69) is 0 Å². The van der Waals surface area contributed by atoms with Crippen LogP contribution in [-0.2, 0) is 9.53 Å². The Hall–Kier alpha value is -1.06. The number of fused-ring (bicyclic) bond motifs is 1. The van der Waals surface area contributed by atoms with Crippen molar-refractivity contribution in [1.82, 2.24) is 4.90 Å². The van der Waals surface area contributed by atoms with Gasteiger partial charge in [-0.25, -0.2) is 4.79 Å². The molecule has 0 radical (unpaired) electrons. The maximum absolute atomic E-state index is 11.7. The summed E-state index contributed by atoms with van der Waals surface area (Å²) in [5.74, 6) is 0.409. The molecule has 0 N–H and O–H groups in total. The number of ketones is 1. The predicted octanol–water partition coefficient (Wildman–Crippen LogP) is 1.59. The molecule has 2 unspecified atom stereocenters. The zero-order chi connectivity index (χ0) is 10.8. The van der Waals surface area contributed by atoms with Crippen LogP contribution < -0.4 is 0 Å². The first-order valence-corrected chi connectivity index (χ1v) is 5.61. The van der Waals surface area contributed by atoms with E-state index in [4.69, 9.17) is 4.74 Å². The second-order valence-electron chi connectivity index (χ2n) is 4.34. The maximum Gasteiger partial charge on any atom is 0.409 e. The molecule has 2 rings (SSSR count). The van der Waals surface area contributed by atoms with Gasteiger partial charge in [0.05, 0.1) is 7.11 Å². The first-order chi connectivity index (χ1) is 7.24. The molecule has 0 aromatic carbocycles. The van der Waals surface area contributed by atoms with Crippen LogP contribution in [0.3, 0.4) is 0 Å². The van der Waals surface area contributed by atoms with Gasteiger partial charge in [0.15, 0.2) is 0 Å². The van der Waals surface area contributed by atoms with E-state index >= 15 is 0 Å². The molecule has 4 heteroatoms. The summed E-state index contributed by atoms with van der Waals surface area (Å²) in [6.07, 6.45) is 4.34. The number of carbonyl (C=O) groups excluding carboxylic acids is 2. The minimum atomic E-state index is -0.278. The number of methoxy groups -OCH3 is 1. The summed E-state index contributed by atoms with van der Waals surface area (Å²) in [5.41, 5.74) is 0. The lowest BCUT2D eigenvalue weighted by Gasteiger charge is -2.42. The molecule has 0 spiro atoms. The topological polar surface area (TPSA) is 46.6 Å². The maximum atomic E-state index is 11.7. The highest BCUT2D eigenvalue weighted by atomic mass is 16.5. The Morgan fingerprint density at radius 1 is 1.40 bits per heavy atom. The fourth-order valence-electron chi connectivity index (χ4n) is 2.79. The van der Waals surface area contributed by atoms with E-state index in [0.29, 0.717) is 18.7 Å². The second kappa shape index (κ2) is 4.21. The Morgan fingerprint density at radius 2 is 2.13 bits per heavy atom. The Bertz CT molecular complexity index is 277. The van der Waals surface area contributed by atoms with Crippen LogP contribution in [-0.4, -0.2) is 36.5 Å². The number of piperidine rings is 1. The van der Waals surface area contributed by atoms with Gasteiger partial charge in [0, 0.05) is 24.9 Å². The number of carbonyl (C=O) groups is 2. The SMILES string of the molecule is COC(=O)N1CCC(=O)C2CCCCC21. The van der Waals surface area contributed by atoms with Crippen LogP contribution in [0.5, 0.6) is 0 Å². The van der Waals surface area contributed by atoms with Crippen molar-refractivity contribution < 1.29 is 14.3 Å². The van der Waals surface area contributed by atoms with Crippen molar-refractivity contribution in [3.63, 3.8) is 0 Å². The number of hydrogen-bond donors (Lipinski definition) is 0. The molecule has 0 bridgehead atoms. The summed E-state index contributed by atoms with van der Waals surface area (Å²) in [6, 6.07) is 0.104. The Kier molecular flexibility index (Phi) is 2.93. The summed E-state index contributed by atoms with van der Waals surface area (Å²) in [7, 11) is 1.40. The van der Waals surface area contributed by atoms with E-state index in [1.54, 1.807) is 4.90 Å². The highest BCUT2D eigenvalue weighted by Gasteiger charge is 2.40. The van der Waals surface area contributed by atoms with Gasteiger partial charge in [-0.15, -0.1) is 0 Å². The molecule has 2 aliphatic rings. The van der Waals surface area contributed by atoms with Crippen molar-refractivity contribution in [2.24, 2.45) is 5.92 Å². The molecule has 1 saturated carbocycles. The lowest BCUT2D eigenvalue weighted by Crippen LogP contribution is -2.53. The fourth-order valence-corrected chi connectivity index (χ4v) is 2.79. The average molecular weight is 211 g/mol. The largest absolute Gasteiger partial charge is 0.453 e. The van der Waals surface area contributed by atoms with E-state index in [9.17, 15) is 9.59 Å². The van der Waals surface area contributed by atoms with Crippen molar-refractivity contribution in [3.8, 4) is 0 Å². The number of Topliss-reactive ketones (excluding diaryl/α,β-unsaturated/α-hetero) is 1. The van der Waals surface area contributed by atoms with E-state index in [1.165, 1.54) is 7.11 Å². The summed E-state index contributed by atoms with van der Waals surface area (Å²) in [6.45, 7) is 0.534. The van der Waals surface area contributed by atoms with Gasteiger partial charge in [0.1, 0.15) is 5.78 Å². The van der Waals surface area contributed by atoms with E-state index < -0.39 is 0 Å². The molecule has 4 nitrogen and oxygen atoms in total. The molecule has 2 fully saturated rings. The van der Waals surface area contributed by atoms with Gasteiger partial charge in [-0.05, 0) is 12.8 Å². The van der Waals surface area contributed by atoms with E-state index in [0.717, 1.165) is 25.7 Å². The molecule has 1 heterocycles. The first kappa shape index (κ1) is 10.5. The smallest absolute Gasteiger partial charge is 0.409 e. The van der Waals surface area contributed by atoms with Gasteiger partial charge in [-0.2, -0.15) is 0 Å². The molecule has 0 aromatic rings. The highest BCUT2D eigenvalue weighted by molar-refractivity contribution is 5.84. The van der Waals surface area contributed by atoms with E-state index in [1.807, 2.05) is 0 Å². The van der Waals surface area contributed by atoms with Crippen LogP contribution in [0.15, 0.2) is 0 Å². The fraction of sp³-hybridized carbons (Fsp3) is 0.818. The third-order valence-corrected chi connectivity index (χ3v) is 3.55. The first-order valence-electron chi connectivity index (χ1n) is 5.61. The summed E-state index contributed by atoms with van der Waals surface area (Å²) in [5, 5.41) is 0. The standard InChI is InChI=1S/C11H17NO3/c1-15-11(14)12-7-6-10(13)8-4-2-3-5-9(8)12/h8-9H,2-7H2,1H3. The van der Waals surface area contributed by atoms with Gasteiger partial charge < -0.3 is 9.64 Å². The minimum Gasteiger partial charge on any atom is -0.453 e. The zero-order valence-electron chi connectivity index (χ0n) is 9.07. The lowest BCUT2D eigenvalue weighted by atomic mass is 9.78. The van der Waals surface area contributed by atoms with Crippen molar-refractivity contribution in [2.45, 2.75) is 38.1 Å². The number of likely N-dealkylation sites (tertiary alicyclic amines) is 1. The molecular formula is C11H17NO3. The molecule has 1 aliphatic carbocycles. The lowest BCUT2D eigenvalue weighted by molar-refractivity contribution is -0.129. The average Bonchev–Trinajstić information content (AvgIpc) is 2.29. The Balaban J connectivity index is 2.13. The highest BCUT2D eigenvalue weighted by Crippen LogP contribution is 2.33. The Labute approximate surface area is 89.6 Å². The molecule has 1 aliphatic heterocycles. The van der Waals surface area contributed by atoms with Gasteiger partial charge in [-0.3, -0.25) is 4.79 Å². The third kappa shape index (κ3) is 1.85. The zero-order valence-corrected chi connectivity index (χ0v) is 9.07. The van der Waals surface area contributed by atoms with Crippen molar-refractivity contribution >= 4 is 11.9 Å². The van der Waals surface area contributed by atoms with Gasteiger partial charge >= 0.3 is 6.09 Å². The molecular weight excluding hydrogens is 194 g/mol. The minimum absolute atomic E-state index is 0.0756. The molecule has 0 aromatic heterocycles. The van der Waals surface area contributed by atoms with Crippen LogP contribution in [0.1, 0.15) is 32.1 Å². The van der Waals surface area contributed by atoms with Crippen molar-refractivity contribution in [3.05, 3.63) is 0 Å². The van der Waals surface area contributed by atoms with Gasteiger partial charge in [-0.1, -0.05) is 12.8 Å². The molecule has 84 valence electrons. The Morgan fingerprint density at radius 3 is 2.87 bits per heavy atom. The number of nitrogens with zero attached hydrogens (tertiary/aromatic N) is 1. The van der Waals surface area contributed by atoms with Crippen LogP contribution in [0.2, 0.25) is 0 Å². The number of amides is 1. The van der Waals surface area contributed by atoms with Crippen LogP contribution in [0.4, 0.5) is 4.79 Å². The monoisotopic (exact) mass is 211 g/mol. The molecule has 1 saturated heterocycles. The molecule has 15 heavy (non-hydrogen) atoms. The predicted molar refractivity (Wildman–Crippen MR) is 54.5 cm³/mol. The van der Waals surface area contributed by atoms with Crippen LogP contribution in [0.25, 0.3) is 0 Å². The quantitative estimate of drug-likeness (QED) is 0.611. The second-order valence-corrected chi connectivity index (χ2v) is 4.34. The molecule has 1 amide bonds. The van der Waals surface area contributed by atoms with Gasteiger partial charge in [0.25, 0.3) is 0 Å². The summed E-state index contributed by atoms with van der Waals surface area (Å²) < 4.78 is 4.75. The van der Waals surface area contributed by atoms with E-state index in [-0.39, 0.29) is 18.1 Å². The summed E-state index contributed by atoms with van der Waals surface area (Å²) >= 11 is 0. The molecule has 2 atom stereocenters. The van der Waals surface area contributed by atoms with Crippen molar-refractivity contribution in [2.75, 3.05) is 13.7 Å². The van der Waals surface area contributed by atoms with Crippen LogP contribution in [0, 0.1) is 5.92 Å². The summed E-state index contributed by atoms with van der Waals surface area (Å²) in [4.78, 5) is 25.0. The van der Waals surface area contributed by atoms with Crippen molar-refractivity contribution in [1.29, 1.82) is 0 Å².